The second-order valence-corrected chi connectivity index (χ2v) is 6.60. The molecule has 1 N–H and O–H groups in total. The summed E-state index contributed by atoms with van der Waals surface area (Å²) in [5.74, 6) is 0.921. The number of anilines is 1. The molecule has 0 spiro atoms. The van der Waals surface area contributed by atoms with E-state index in [1.807, 2.05) is 12.1 Å². The smallest absolute Gasteiger partial charge is 0.224 e. The molecule has 0 fully saturated rings. The molecule has 0 aliphatic carbocycles. The number of hydrogen-bond acceptors (Lipinski definition) is 3. The average molecular weight is 288 g/mol. The quantitative estimate of drug-likeness (QED) is 0.861. The van der Waals surface area contributed by atoms with Gasteiger partial charge in [0.15, 0.2) is 6.61 Å². The van der Waals surface area contributed by atoms with Crippen LogP contribution in [0.1, 0.15) is 40.5 Å². The first-order valence-corrected chi connectivity index (χ1v) is 7.20. The first kappa shape index (κ1) is 17.0. The molecule has 0 aromatic heterocycles. The second-order valence-electron chi connectivity index (χ2n) is 6.60. The highest BCUT2D eigenvalue weighted by atomic mass is 16.5. The van der Waals surface area contributed by atoms with Gasteiger partial charge in [0.25, 0.3) is 0 Å². The predicted octanol–water partition coefficient (Wildman–Crippen LogP) is 3.99. The summed E-state index contributed by atoms with van der Waals surface area (Å²) in [6, 6.07) is 9.00. The van der Waals surface area contributed by atoms with Crippen molar-refractivity contribution >= 4 is 11.6 Å². The molecule has 0 heterocycles. The number of amides is 1. The SMILES string of the molecule is CC(CC(=O)Nc1cccc(OCC#N)c1)CC(C)(C)C. The van der Waals surface area contributed by atoms with E-state index in [9.17, 15) is 4.79 Å². The normalized spacial score (nSPS) is 12.3. The summed E-state index contributed by atoms with van der Waals surface area (Å²) in [4.78, 5) is 12.0. The lowest BCUT2D eigenvalue weighted by molar-refractivity contribution is -0.117. The van der Waals surface area contributed by atoms with Gasteiger partial charge in [-0.15, -0.1) is 0 Å². The Labute approximate surface area is 127 Å². The van der Waals surface area contributed by atoms with Crippen LogP contribution in [0, 0.1) is 22.7 Å². The standard InChI is InChI=1S/C17H24N2O2/c1-13(12-17(2,3)4)10-16(20)19-14-6-5-7-15(11-14)21-9-8-18/h5-7,11,13H,9-10,12H2,1-4H3,(H,19,20). The maximum Gasteiger partial charge on any atom is 0.224 e. The number of rotatable bonds is 6. The molecule has 0 aliphatic rings. The minimum atomic E-state index is 0.0000163. The minimum absolute atomic E-state index is 0.0000163. The van der Waals surface area contributed by atoms with E-state index in [-0.39, 0.29) is 17.9 Å². The molecular weight excluding hydrogens is 264 g/mol. The lowest BCUT2D eigenvalue weighted by Gasteiger charge is -2.22. The van der Waals surface area contributed by atoms with Crippen LogP contribution >= 0.6 is 0 Å². The molecule has 1 rings (SSSR count). The molecule has 21 heavy (non-hydrogen) atoms. The summed E-state index contributed by atoms with van der Waals surface area (Å²) in [6.07, 6.45) is 1.51. The fourth-order valence-corrected chi connectivity index (χ4v) is 2.43. The first-order valence-electron chi connectivity index (χ1n) is 7.20. The zero-order valence-corrected chi connectivity index (χ0v) is 13.3. The van der Waals surface area contributed by atoms with Crippen molar-refractivity contribution in [3.8, 4) is 11.8 Å². The van der Waals surface area contributed by atoms with Crippen LogP contribution in [0.4, 0.5) is 5.69 Å². The molecule has 1 unspecified atom stereocenters. The van der Waals surface area contributed by atoms with Crippen molar-refractivity contribution in [1.29, 1.82) is 5.26 Å². The van der Waals surface area contributed by atoms with Crippen molar-refractivity contribution in [2.24, 2.45) is 11.3 Å². The highest BCUT2D eigenvalue weighted by Crippen LogP contribution is 2.26. The maximum absolute atomic E-state index is 12.0. The Morgan fingerprint density at radius 1 is 1.43 bits per heavy atom. The van der Waals surface area contributed by atoms with Crippen molar-refractivity contribution in [3.05, 3.63) is 24.3 Å². The highest BCUT2D eigenvalue weighted by molar-refractivity contribution is 5.91. The lowest BCUT2D eigenvalue weighted by atomic mass is 9.84. The van der Waals surface area contributed by atoms with E-state index >= 15 is 0 Å². The van der Waals surface area contributed by atoms with Crippen molar-refractivity contribution in [2.75, 3.05) is 11.9 Å². The zero-order chi connectivity index (χ0) is 15.9. The van der Waals surface area contributed by atoms with E-state index in [1.165, 1.54) is 0 Å². The van der Waals surface area contributed by atoms with Gasteiger partial charge in [-0.2, -0.15) is 5.26 Å². The van der Waals surface area contributed by atoms with Crippen molar-refractivity contribution < 1.29 is 9.53 Å². The van der Waals surface area contributed by atoms with E-state index in [0.717, 1.165) is 6.42 Å². The third kappa shape index (κ3) is 7.36. The summed E-state index contributed by atoms with van der Waals surface area (Å²) < 4.78 is 5.21. The van der Waals surface area contributed by atoms with E-state index in [4.69, 9.17) is 10.00 Å². The van der Waals surface area contributed by atoms with Crippen LogP contribution in [-0.4, -0.2) is 12.5 Å². The van der Waals surface area contributed by atoms with Gasteiger partial charge in [0.2, 0.25) is 5.91 Å². The monoisotopic (exact) mass is 288 g/mol. The molecule has 1 amide bonds. The van der Waals surface area contributed by atoms with Gasteiger partial charge in [-0.3, -0.25) is 4.79 Å². The average Bonchev–Trinajstić information content (AvgIpc) is 2.34. The minimum Gasteiger partial charge on any atom is -0.479 e. The Hall–Kier alpha value is -2.02. The molecule has 0 radical (unpaired) electrons. The molecule has 114 valence electrons. The lowest BCUT2D eigenvalue weighted by Crippen LogP contribution is -2.18. The van der Waals surface area contributed by atoms with E-state index in [0.29, 0.717) is 23.8 Å². The van der Waals surface area contributed by atoms with Crippen LogP contribution in [-0.2, 0) is 4.79 Å². The number of nitrogens with one attached hydrogen (secondary N) is 1. The summed E-state index contributed by atoms with van der Waals surface area (Å²) in [7, 11) is 0. The summed E-state index contributed by atoms with van der Waals surface area (Å²) >= 11 is 0. The Morgan fingerprint density at radius 2 is 2.14 bits per heavy atom. The van der Waals surface area contributed by atoms with Crippen LogP contribution in [0.2, 0.25) is 0 Å². The van der Waals surface area contributed by atoms with Gasteiger partial charge < -0.3 is 10.1 Å². The third-order valence-electron chi connectivity index (χ3n) is 2.92. The van der Waals surface area contributed by atoms with Gasteiger partial charge >= 0.3 is 0 Å². The molecule has 0 aliphatic heterocycles. The summed E-state index contributed by atoms with van der Waals surface area (Å²) in [6.45, 7) is 8.63. The van der Waals surface area contributed by atoms with E-state index in [1.54, 1.807) is 18.2 Å². The predicted molar refractivity (Wildman–Crippen MR) is 84.0 cm³/mol. The van der Waals surface area contributed by atoms with Gasteiger partial charge in [-0.1, -0.05) is 33.8 Å². The van der Waals surface area contributed by atoms with E-state index < -0.39 is 0 Å². The number of benzene rings is 1. The number of nitrogens with zero attached hydrogens (tertiary/aromatic N) is 1. The second kappa shape index (κ2) is 7.68. The van der Waals surface area contributed by atoms with Crippen LogP contribution in [0.15, 0.2) is 24.3 Å². The summed E-state index contributed by atoms with van der Waals surface area (Å²) in [5, 5.41) is 11.4. The fraction of sp³-hybridized carbons (Fsp3) is 0.529. The zero-order valence-electron chi connectivity index (χ0n) is 13.3. The third-order valence-corrected chi connectivity index (χ3v) is 2.92. The van der Waals surface area contributed by atoms with E-state index in [2.05, 4.69) is 33.0 Å². The van der Waals surface area contributed by atoms with Gasteiger partial charge in [-0.05, 0) is 29.9 Å². The van der Waals surface area contributed by atoms with Crippen LogP contribution < -0.4 is 10.1 Å². The molecule has 0 bridgehead atoms. The Morgan fingerprint density at radius 3 is 2.76 bits per heavy atom. The largest absolute Gasteiger partial charge is 0.479 e. The van der Waals surface area contributed by atoms with Crippen LogP contribution in [0.3, 0.4) is 0 Å². The number of hydrogen-bond donors (Lipinski definition) is 1. The van der Waals surface area contributed by atoms with Crippen molar-refractivity contribution in [2.45, 2.75) is 40.5 Å². The van der Waals surface area contributed by atoms with Gasteiger partial charge in [0.1, 0.15) is 11.8 Å². The number of nitriles is 1. The number of carbonyl (C=O) groups excluding carboxylic acids is 1. The molecule has 1 aromatic carbocycles. The molecule has 1 atom stereocenters. The molecule has 1 aromatic rings. The highest BCUT2D eigenvalue weighted by Gasteiger charge is 2.17. The number of ether oxygens (including phenoxy) is 1. The van der Waals surface area contributed by atoms with Crippen molar-refractivity contribution in [3.63, 3.8) is 0 Å². The maximum atomic E-state index is 12.0. The fourth-order valence-electron chi connectivity index (χ4n) is 2.43. The van der Waals surface area contributed by atoms with Crippen LogP contribution in [0.5, 0.6) is 5.75 Å². The first-order chi connectivity index (χ1) is 9.80. The van der Waals surface area contributed by atoms with Gasteiger partial charge in [0.05, 0.1) is 0 Å². The molecule has 0 saturated heterocycles. The molecular formula is C17H24N2O2. The number of carbonyl (C=O) groups is 1. The molecule has 4 nitrogen and oxygen atoms in total. The van der Waals surface area contributed by atoms with Gasteiger partial charge in [-0.25, -0.2) is 0 Å². The van der Waals surface area contributed by atoms with Crippen LogP contribution in [0.25, 0.3) is 0 Å². The molecule has 0 saturated carbocycles. The topological polar surface area (TPSA) is 62.1 Å². The molecule has 4 heteroatoms. The summed E-state index contributed by atoms with van der Waals surface area (Å²) in [5.41, 5.74) is 0.920. The Balaban J connectivity index is 2.53. The Kier molecular flexibility index (Phi) is 6.23. The Bertz CT molecular complexity index is 512. The van der Waals surface area contributed by atoms with Gasteiger partial charge in [0, 0.05) is 18.2 Å². The van der Waals surface area contributed by atoms with Crippen molar-refractivity contribution in [1.82, 2.24) is 0 Å².